The Balaban J connectivity index is 2.38. The van der Waals surface area contributed by atoms with Crippen LogP contribution in [0.25, 0.3) is 0 Å². The molecule has 1 amide bonds. The van der Waals surface area contributed by atoms with Gasteiger partial charge in [-0.3, -0.25) is 4.79 Å². The predicted molar refractivity (Wildman–Crippen MR) is 78.9 cm³/mol. The fraction of sp³-hybridized carbons (Fsp3) is 0.214. The maximum Gasteiger partial charge on any atom is 0.252 e. The molecule has 0 aliphatic carbocycles. The molecule has 1 aromatic heterocycles. The minimum Gasteiger partial charge on any atom is -0.438 e. The van der Waals surface area contributed by atoms with E-state index in [9.17, 15) is 4.79 Å². The lowest BCUT2D eigenvalue weighted by Gasteiger charge is -2.10. The fourth-order valence-electron chi connectivity index (χ4n) is 1.60. The lowest BCUT2D eigenvalue weighted by molar-refractivity contribution is 0.0998. The van der Waals surface area contributed by atoms with Gasteiger partial charge in [0.15, 0.2) is 0 Å². The third-order valence-corrected chi connectivity index (χ3v) is 2.98. The first kappa shape index (κ1) is 14.5. The van der Waals surface area contributed by atoms with Gasteiger partial charge >= 0.3 is 0 Å². The Morgan fingerprint density at radius 2 is 2.00 bits per heavy atom. The zero-order valence-corrected chi connectivity index (χ0v) is 12.7. The third-order valence-electron chi connectivity index (χ3n) is 2.57. The maximum absolute atomic E-state index is 11.4. The van der Waals surface area contributed by atoms with Crippen molar-refractivity contribution in [2.45, 2.75) is 19.8 Å². The van der Waals surface area contributed by atoms with E-state index in [1.165, 1.54) is 0 Å². The molecule has 0 saturated heterocycles. The summed E-state index contributed by atoms with van der Waals surface area (Å²) in [7, 11) is 0. The second kappa shape index (κ2) is 6.00. The molecule has 0 bridgehead atoms. The monoisotopic (exact) mass is 335 g/mol. The van der Waals surface area contributed by atoms with Gasteiger partial charge in [-0.15, -0.1) is 0 Å². The Hall–Kier alpha value is -1.95. The highest BCUT2D eigenvalue weighted by Gasteiger charge is 2.12. The first-order valence-electron chi connectivity index (χ1n) is 6.08. The van der Waals surface area contributed by atoms with Crippen LogP contribution in [0, 0.1) is 0 Å². The van der Waals surface area contributed by atoms with Gasteiger partial charge in [-0.25, -0.2) is 4.98 Å². The van der Waals surface area contributed by atoms with Crippen LogP contribution in [0.4, 0.5) is 0 Å². The molecule has 20 heavy (non-hydrogen) atoms. The summed E-state index contributed by atoms with van der Waals surface area (Å²) in [4.78, 5) is 19.9. The van der Waals surface area contributed by atoms with Crippen LogP contribution in [-0.2, 0) is 0 Å². The van der Waals surface area contributed by atoms with Crippen molar-refractivity contribution in [2.75, 3.05) is 0 Å². The number of hydrogen-bond acceptors (Lipinski definition) is 4. The smallest absolute Gasteiger partial charge is 0.252 e. The van der Waals surface area contributed by atoms with E-state index >= 15 is 0 Å². The van der Waals surface area contributed by atoms with Crippen LogP contribution in [0.3, 0.4) is 0 Å². The zero-order chi connectivity index (χ0) is 14.7. The number of benzene rings is 1. The molecular weight excluding hydrogens is 322 g/mol. The summed E-state index contributed by atoms with van der Waals surface area (Å²) in [5.74, 6) is 1.02. The molecular formula is C14H14BrN3O2. The van der Waals surface area contributed by atoms with E-state index in [0.717, 1.165) is 0 Å². The summed E-state index contributed by atoms with van der Waals surface area (Å²) in [5.41, 5.74) is 5.63. The number of carbonyl (C=O) groups excluding carboxylic acids is 1. The number of aromatic nitrogens is 2. The minimum absolute atomic E-state index is 0.168. The van der Waals surface area contributed by atoms with Crippen LogP contribution in [0.5, 0.6) is 11.6 Å². The number of nitrogens with zero attached hydrogens (tertiary/aromatic N) is 2. The zero-order valence-electron chi connectivity index (χ0n) is 11.1. The lowest BCUT2D eigenvalue weighted by atomic mass is 10.2. The van der Waals surface area contributed by atoms with E-state index < -0.39 is 5.91 Å². The van der Waals surface area contributed by atoms with Crippen molar-refractivity contribution in [3.63, 3.8) is 0 Å². The Kier molecular flexibility index (Phi) is 4.34. The van der Waals surface area contributed by atoms with E-state index in [1.807, 2.05) is 13.8 Å². The molecule has 6 heteroatoms. The van der Waals surface area contributed by atoms with Gasteiger partial charge in [-0.05, 0) is 28.1 Å². The van der Waals surface area contributed by atoms with E-state index in [2.05, 4.69) is 25.9 Å². The molecule has 1 heterocycles. The van der Waals surface area contributed by atoms with E-state index in [4.69, 9.17) is 10.5 Å². The highest BCUT2D eigenvalue weighted by Crippen LogP contribution is 2.26. The van der Waals surface area contributed by atoms with Crippen LogP contribution in [0.1, 0.15) is 35.9 Å². The summed E-state index contributed by atoms with van der Waals surface area (Å²) in [6, 6.07) is 8.41. The Labute approximate surface area is 125 Å². The highest BCUT2D eigenvalue weighted by molar-refractivity contribution is 9.10. The normalized spacial score (nSPS) is 10.6. The molecule has 104 valence electrons. The standard InChI is InChI=1S/C14H14BrN3O2/c1-8(2)14-17-11(15)7-12(18-14)20-10-6-4-3-5-9(10)13(16)19/h3-8H,1-2H3,(H2,16,19). The third kappa shape index (κ3) is 3.33. The molecule has 5 nitrogen and oxygen atoms in total. The molecule has 2 rings (SSSR count). The molecule has 0 radical (unpaired) electrons. The van der Waals surface area contributed by atoms with Gasteiger partial charge in [0, 0.05) is 12.0 Å². The van der Waals surface area contributed by atoms with Gasteiger partial charge in [0.1, 0.15) is 16.2 Å². The number of halogens is 1. The van der Waals surface area contributed by atoms with Crippen molar-refractivity contribution in [1.82, 2.24) is 9.97 Å². The Morgan fingerprint density at radius 1 is 1.30 bits per heavy atom. The van der Waals surface area contributed by atoms with Crippen LogP contribution < -0.4 is 10.5 Å². The number of rotatable bonds is 4. The summed E-state index contributed by atoms with van der Waals surface area (Å²) in [6.07, 6.45) is 0. The number of nitrogens with two attached hydrogens (primary N) is 1. The van der Waals surface area contributed by atoms with Gasteiger partial charge in [0.25, 0.3) is 5.91 Å². The van der Waals surface area contributed by atoms with Crippen molar-refractivity contribution in [3.8, 4) is 11.6 Å². The largest absolute Gasteiger partial charge is 0.438 e. The van der Waals surface area contributed by atoms with Crippen LogP contribution in [-0.4, -0.2) is 15.9 Å². The summed E-state index contributed by atoms with van der Waals surface area (Å²) >= 11 is 3.32. The van der Waals surface area contributed by atoms with Crippen LogP contribution in [0.2, 0.25) is 0 Å². The summed E-state index contributed by atoms with van der Waals surface area (Å²) in [6.45, 7) is 3.98. The van der Waals surface area contributed by atoms with Gasteiger partial charge in [0.2, 0.25) is 5.88 Å². The number of carbonyl (C=O) groups is 1. The van der Waals surface area contributed by atoms with Crippen molar-refractivity contribution in [3.05, 3.63) is 46.3 Å². The Bertz CT molecular complexity index is 644. The average molecular weight is 336 g/mol. The molecule has 0 fully saturated rings. The molecule has 2 N–H and O–H groups in total. The molecule has 1 aromatic carbocycles. The molecule has 0 spiro atoms. The van der Waals surface area contributed by atoms with Crippen molar-refractivity contribution in [1.29, 1.82) is 0 Å². The van der Waals surface area contributed by atoms with Gasteiger partial charge in [0.05, 0.1) is 5.56 Å². The number of ether oxygens (including phenoxy) is 1. The number of hydrogen-bond donors (Lipinski definition) is 1. The van der Waals surface area contributed by atoms with Gasteiger partial charge < -0.3 is 10.5 Å². The molecule has 0 aliphatic heterocycles. The number of primary amides is 1. The highest BCUT2D eigenvalue weighted by atomic mass is 79.9. The van der Waals surface area contributed by atoms with Crippen molar-refractivity contribution >= 4 is 21.8 Å². The minimum atomic E-state index is -0.544. The van der Waals surface area contributed by atoms with E-state index in [1.54, 1.807) is 30.3 Å². The van der Waals surface area contributed by atoms with Crippen LogP contribution >= 0.6 is 15.9 Å². The van der Waals surface area contributed by atoms with Crippen LogP contribution in [0.15, 0.2) is 34.9 Å². The maximum atomic E-state index is 11.4. The van der Waals surface area contributed by atoms with E-state index in [-0.39, 0.29) is 5.92 Å². The van der Waals surface area contributed by atoms with Gasteiger partial charge in [-0.2, -0.15) is 4.98 Å². The van der Waals surface area contributed by atoms with Crippen molar-refractivity contribution < 1.29 is 9.53 Å². The molecule has 0 saturated carbocycles. The fourth-order valence-corrected chi connectivity index (χ4v) is 1.97. The second-order valence-corrected chi connectivity index (χ2v) is 5.32. The second-order valence-electron chi connectivity index (χ2n) is 4.50. The molecule has 0 aliphatic rings. The van der Waals surface area contributed by atoms with E-state index in [0.29, 0.717) is 27.6 Å². The Morgan fingerprint density at radius 3 is 2.65 bits per heavy atom. The molecule has 2 aromatic rings. The molecule has 0 atom stereocenters. The summed E-state index contributed by atoms with van der Waals surface area (Å²) < 4.78 is 6.29. The predicted octanol–water partition coefficient (Wildman–Crippen LogP) is 3.25. The molecule has 0 unspecified atom stereocenters. The first-order chi connectivity index (χ1) is 9.47. The summed E-state index contributed by atoms with van der Waals surface area (Å²) in [5, 5.41) is 0. The van der Waals surface area contributed by atoms with Gasteiger partial charge in [-0.1, -0.05) is 26.0 Å². The topological polar surface area (TPSA) is 78.1 Å². The number of amides is 1. The van der Waals surface area contributed by atoms with Crippen molar-refractivity contribution in [2.24, 2.45) is 5.73 Å². The quantitative estimate of drug-likeness (QED) is 0.870. The first-order valence-corrected chi connectivity index (χ1v) is 6.88. The SMILES string of the molecule is CC(C)c1nc(Br)cc(Oc2ccccc2C(N)=O)n1. The average Bonchev–Trinajstić information content (AvgIpc) is 2.38. The lowest BCUT2D eigenvalue weighted by Crippen LogP contribution is -2.12. The number of para-hydroxylation sites is 1.